The van der Waals surface area contributed by atoms with Crippen LogP contribution in [0, 0.1) is 6.92 Å². The van der Waals surface area contributed by atoms with Gasteiger partial charge in [-0.1, -0.05) is 18.2 Å². The Morgan fingerprint density at radius 2 is 1.92 bits per heavy atom. The van der Waals surface area contributed by atoms with Gasteiger partial charge in [-0.05, 0) is 25.1 Å². The second-order valence-electron chi connectivity index (χ2n) is 9.20. The van der Waals surface area contributed by atoms with Crippen molar-refractivity contribution in [3.05, 3.63) is 53.7 Å². The minimum atomic E-state index is 0.154. The fourth-order valence-electron chi connectivity index (χ4n) is 4.98. The smallest absolute Gasteiger partial charge is 0.238 e. The van der Waals surface area contributed by atoms with Crippen molar-refractivity contribution in [2.75, 3.05) is 57.4 Å². The molecule has 2 fully saturated rings. The number of carbonyl (C=O) groups excluding carboxylic acids is 1. The number of piperazine rings is 1. The average molecular weight is 504 g/mol. The molecule has 0 spiro atoms. The van der Waals surface area contributed by atoms with Crippen molar-refractivity contribution in [2.24, 2.45) is 0 Å². The Hall–Kier alpha value is -3.34. The molecule has 0 N–H and O–H groups in total. The number of nitrogens with zero attached hydrogens (tertiary/aromatic N) is 7. The van der Waals surface area contributed by atoms with Crippen molar-refractivity contribution >= 4 is 44.3 Å². The molecular formula is C26H29N7O2S. The number of ether oxygens (including phenoxy) is 1. The second-order valence-corrected chi connectivity index (χ2v) is 10.3. The first-order valence-electron chi connectivity index (χ1n) is 12.3. The van der Waals surface area contributed by atoms with Gasteiger partial charge >= 0.3 is 0 Å². The normalized spacial score (nSPS) is 17.4. The van der Waals surface area contributed by atoms with Gasteiger partial charge in [-0.15, -0.1) is 17.9 Å². The van der Waals surface area contributed by atoms with Gasteiger partial charge in [-0.3, -0.25) is 14.3 Å². The molecule has 3 aromatic heterocycles. The van der Waals surface area contributed by atoms with Crippen LogP contribution in [0.1, 0.15) is 10.7 Å². The summed E-state index contributed by atoms with van der Waals surface area (Å²) in [6.07, 6.45) is 1.79. The van der Waals surface area contributed by atoms with Crippen LogP contribution in [0.5, 0.6) is 0 Å². The number of imidazole rings is 1. The summed E-state index contributed by atoms with van der Waals surface area (Å²) < 4.78 is 8.72. The first-order chi connectivity index (χ1) is 17.6. The van der Waals surface area contributed by atoms with Gasteiger partial charge < -0.3 is 14.5 Å². The summed E-state index contributed by atoms with van der Waals surface area (Å²) >= 11 is 1.72. The number of aromatic nitrogens is 4. The third-order valence-corrected chi connectivity index (χ3v) is 7.86. The number of thiophene rings is 1. The monoisotopic (exact) mass is 503 g/mol. The zero-order valence-electron chi connectivity index (χ0n) is 20.4. The molecule has 5 heterocycles. The first kappa shape index (κ1) is 23.1. The zero-order chi connectivity index (χ0) is 24.6. The van der Waals surface area contributed by atoms with Gasteiger partial charge in [0.1, 0.15) is 5.82 Å². The summed E-state index contributed by atoms with van der Waals surface area (Å²) in [6.45, 7) is 12.0. The molecule has 4 aromatic rings. The van der Waals surface area contributed by atoms with Crippen molar-refractivity contribution in [3.63, 3.8) is 0 Å². The second kappa shape index (κ2) is 9.61. The number of benzene rings is 1. The maximum atomic E-state index is 12.5. The standard InChI is InChI=1S/C26H29N7O2S/c1-3-8-31-10-9-30(17-23(31)34)16-19-15-21-24(36-19)25(32-11-13-35-14-12-32)29-26(28-21)33-18(2)27-20-6-4-5-7-22(20)33/h3-7,15H,1,8-14,16-17H2,2H3. The van der Waals surface area contributed by atoms with Crippen LogP contribution in [0.3, 0.4) is 0 Å². The average Bonchev–Trinajstić information content (AvgIpc) is 3.45. The van der Waals surface area contributed by atoms with Crippen molar-refractivity contribution in [3.8, 4) is 5.95 Å². The van der Waals surface area contributed by atoms with Crippen molar-refractivity contribution in [1.82, 2.24) is 29.3 Å². The van der Waals surface area contributed by atoms with E-state index in [0.717, 1.165) is 65.6 Å². The van der Waals surface area contributed by atoms with Gasteiger partial charge in [-0.2, -0.15) is 4.98 Å². The highest BCUT2D eigenvalue weighted by molar-refractivity contribution is 7.19. The van der Waals surface area contributed by atoms with Crippen molar-refractivity contribution in [1.29, 1.82) is 0 Å². The number of anilines is 1. The minimum Gasteiger partial charge on any atom is -0.378 e. The summed E-state index contributed by atoms with van der Waals surface area (Å²) in [5.74, 6) is 2.59. The fourth-order valence-corrected chi connectivity index (χ4v) is 6.14. The lowest BCUT2D eigenvalue weighted by atomic mass is 10.3. The van der Waals surface area contributed by atoms with Crippen LogP contribution in [-0.4, -0.2) is 87.7 Å². The molecule has 0 unspecified atom stereocenters. The van der Waals surface area contributed by atoms with Gasteiger partial charge in [0.25, 0.3) is 0 Å². The zero-order valence-corrected chi connectivity index (χ0v) is 21.2. The summed E-state index contributed by atoms with van der Waals surface area (Å²) in [7, 11) is 0. The maximum Gasteiger partial charge on any atom is 0.238 e. The van der Waals surface area contributed by atoms with E-state index in [9.17, 15) is 4.79 Å². The molecule has 0 radical (unpaired) electrons. The number of para-hydroxylation sites is 2. The van der Waals surface area contributed by atoms with Gasteiger partial charge in [0.2, 0.25) is 11.9 Å². The van der Waals surface area contributed by atoms with E-state index in [-0.39, 0.29) is 5.91 Å². The number of hydrogen-bond donors (Lipinski definition) is 0. The molecular weight excluding hydrogens is 474 g/mol. The maximum absolute atomic E-state index is 12.5. The van der Waals surface area contributed by atoms with E-state index in [1.54, 1.807) is 17.4 Å². The number of rotatable bonds is 6. The number of carbonyl (C=O) groups is 1. The Morgan fingerprint density at radius 1 is 1.08 bits per heavy atom. The molecule has 186 valence electrons. The quantitative estimate of drug-likeness (QED) is 0.374. The molecule has 0 bridgehead atoms. The minimum absolute atomic E-state index is 0.154. The van der Waals surface area contributed by atoms with Crippen LogP contribution in [0.15, 0.2) is 43.0 Å². The van der Waals surface area contributed by atoms with Crippen LogP contribution in [0.4, 0.5) is 5.82 Å². The van der Waals surface area contributed by atoms with Gasteiger partial charge in [0.15, 0.2) is 5.82 Å². The topological polar surface area (TPSA) is 79.6 Å². The fraction of sp³-hybridized carbons (Fsp3) is 0.385. The largest absolute Gasteiger partial charge is 0.378 e. The molecule has 36 heavy (non-hydrogen) atoms. The Morgan fingerprint density at radius 3 is 2.72 bits per heavy atom. The summed E-state index contributed by atoms with van der Waals surface area (Å²) in [6, 6.07) is 10.2. The van der Waals surface area contributed by atoms with Gasteiger partial charge in [-0.25, -0.2) is 9.97 Å². The molecule has 2 aliphatic rings. The van der Waals surface area contributed by atoms with E-state index in [1.807, 2.05) is 34.6 Å². The molecule has 2 saturated heterocycles. The number of fused-ring (bicyclic) bond motifs is 2. The third kappa shape index (κ3) is 4.25. The Bertz CT molecular complexity index is 1440. The van der Waals surface area contributed by atoms with E-state index in [2.05, 4.69) is 28.5 Å². The van der Waals surface area contributed by atoms with E-state index in [1.165, 1.54) is 4.88 Å². The van der Waals surface area contributed by atoms with E-state index >= 15 is 0 Å². The molecule has 0 aliphatic carbocycles. The molecule has 1 aromatic carbocycles. The Balaban J connectivity index is 1.38. The van der Waals surface area contributed by atoms with Gasteiger partial charge in [0, 0.05) is 44.1 Å². The molecule has 6 rings (SSSR count). The number of morpholine rings is 1. The van der Waals surface area contributed by atoms with Crippen LogP contribution < -0.4 is 4.90 Å². The third-order valence-electron chi connectivity index (χ3n) is 6.76. The summed E-state index contributed by atoms with van der Waals surface area (Å²) in [5.41, 5.74) is 2.85. The number of aryl methyl sites for hydroxylation is 1. The summed E-state index contributed by atoms with van der Waals surface area (Å²) in [4.78, 5) is 34.9. The van der Waals surface area contributed by atoms with Crippen LogP contribution >= 0.6 is 11.3 Å². The SMILES string of the molecule is C=CCN1CCN(Cc2cc3nc(-n4c(C)nc5ccccc54)nc(N4CCOCC4)c3s2)CC1=O. The highest BCUT2D eigenvalue weighted by Crippen LogP contribution is 2.34. The lowest BCUT2D eigenvalue weighted by Crippen LogP contribution is -2.49. The lowest BCUT2D eigenvalue weighted by molar-refractivity contribution is -0.135. The van der Waals surface area contributed by atoms with E-state index in [4.69, 9.17) is 19.7 Å². The predicted octanol–water partition coefficient (Wildman–Crippen LogP) is 3.01. The molecule has 10 heteroatoms. The lowest BCUT2D eigenvalue weighted by Gasteiger charge is -2.33. The molecule has 0 atom stereocenters. The number of hydrogen-bond acceptors (Lipinski definition) is 8. The van der Waals surface area contributed by atoms with Crippen molar-refractivity contribution < 1.29 is 9.53 Å². The highest BCUT2D eigenvalue weighted by atomic mass is 32.1. The highest BCUT2D eigenvalue weighted by Gasteiger charge is 2.25. The first-order valence-corrected chi connectivity index (χ1v) is 13.1. The molecule has 2 aliphatic heterocycles. The van der Waals surface area contributed by atoms with Crippen LogP contribution in [0.25, 0.3) is 27.2 Å². The number of amides is 1. The van der Waals surface area contributed by atoms with Crippen molar-refractivity contribution in [2.45, 2.75) is 13.5 Å². The van der Waals surface area contributed by atoms with E-state index in [0.29, 0.717) is 32.3 Å². The summed E-state index contributed by atoms with van der Waals surface area (Å²) in [5, 5.41) is 0. The molecule has 9 nitrogen and oxygen atoms in total. The van der Waals surface area contributed by atoms with Gasteiger partial charge in [0.05, 0.1) is 41.0 Å². The van der Waals surface area contributed by atoms with Crippen LogP contribution in [-0.2, 0) is 16.1 Å². The Kier molecular flexibility index (Phi) is 6.16. The Labute approximate surface area is 213 Å². The predicted molar refractivity (Wildman–Crippen MR) is 142 cm³/mol. The molecule has 1 amide bonds. The molecule has 0 saturated carbocycles. The van der Waals surface area contributed by atoms with Crippen LogP contribution in [0.2, 0.25) is 0 Å². The van der Waals surface area contributed by atoms with E-state index < -0.39 is 0 Å².